The van der Waals surface area contributed by atoms with Gasteiger partial charge in [-0.1, -0.05) is 19.3 Å². The molecule has 0 radical (unpaired) electrons. The van der Waals surface area contributed by atoms with Gasteiger partial charge in [0.05, 0.1) is 0 Å². The molecule has 1 aromatic heterocycles. The summed E-state index contributed by atoms with van der Waals surface area (Å²) in [4.78, 5) is 6.95. The minimum atomic E-state index is 0.640. The predicted molar refractivity (Wildman–Crippen MR) is 74.4 cm³/mol. The Kier molecular flexibility index (Phi) is 2.89. The maximum absolute atomic E-state index is 4.52. The lowest BCUT2D eigenvalue weighted by Crippen LogP contribution is -2.57. The smallest absolute Gasteiger partial charge is 0.128 e. The highest BCUT2D eigenvalue weighted by molar-refractivity contribution is 9.10. The summed E-state index contributed by atoms with van der Waals surface area (Å²) < 4.78 is 1.11. The minimum absolute atomic E-state index is 0.640. The third kappa shape index (κ3) is 2.10. The molecule has 1 aliphatic carbocycles. The van der Waals surface area contributed by atoms with Gasteiger partial charge in [-0.2, -0.15) is 0 Å². The summed E-state index contributed by atoms with van der Waals surface area (Å²) in [6.07, 6.45) is 9.09. The zero-order chi connectivity index (χ0) is 11.9. The topological polar surface area (TPSA) is 16.1 Å². The second-order valence-electron chi connectivity index (χ2n) is 5.71. The van der Waals surface area contributed by atoms with Crippen LogP contribution in [0.1, 0.15) is 37.7 Å². The van der Waals surface area contributed by atoms with E-state index in [9.17, 15) is 0 Å². The fraction of sp³-hybridized carbons (Fsp3) is 0.643. The quantitative estimate of drug-likeness (QED) is 0.780. The lowest BCUT2D eigenvalue weighted by Gasteiger charge is -2.53. The van der Waals surface area contributed by atoms with E-state index in [4.69, 9.17) is 0 Å². The van der Waals surface area contributed by atoms with Crippen molar-refractivity contribution < 1.29 is 0 Å². The number of halogens is 1. The van der Waals surface area contributed by atoms with Crippen molar-refractivity contribution in [1.82, 2.24) is 4.98 Å². The minimum Gasteiger partial charge on any atom is -0.355 e. The van der Waals surface area contributed by atoms with Crippen LogP contribution in [-0.4, -0.2) is 18.1 Å². The van der Waals surface area contributed by atoms with E-state index in [1.54, 1.807) is 0 Å². The molecule has 2 nitrogen and oxygen atoms in total. The van der Waals surface area contributed by atoms with Gasteiger partial charge in [0.15, 0.2) is 0 Å². The van der Waals surface area contributed by atoms with Gasteiger partial charge in [0, 0.05) is 29.2 Å². The number of rotatable bonds is 1. The van der Waals surface area contributed by atoms with Crippen LogP contribution in [0, 0.1) is 12.3 Å². The summed E-state index contributed by atoms with van der Waals surface area (Å²) in [7, 11) is 0. The van der Waals surface area contributed by atoms with Gasteiger partial charge in [-0.25, -0.2) is 4.98 Å². The van der Waals surface area contributed by atoms with Crippen LogP contribution in [0.3, 0.4) is 0 Å². The first kappa shape index (κ1) is 11.5. The van der Waals surface area contributed by atoms with Crippen LogP contribution < -0.4 is 4.90 Å². The van der Waals surface area contributed by atoms with E-state index in [-0.39, 0.29) is 0 Å². The van der Waals surface area contributed by atoms with Crippen molar-refractivity contribution in [2.45, 2.75) is 39.0 Å². The number of aromatic nitrogens is 1. The molecule has 2 heterocycles. The molecule has 0 unspecified atom stereocenters. The molecule has 3 rings (SSSR count). The van der Waals surface area contributed by atoms with Crippen LogP contribution in [0.5, 0.6) is 0 Å². The Morgan fingerprint density at radius 2 is 1.94 bits per heavy atom. The molecule has 0 amide bonds. The molecule has 1 saturated heterocycles. The highest BCUT2D eigenvalue weighted by Crippen LogP contribution is 2.45. The molecule has 1 spiro atoms. The summed E-state index contributed by atoms with van der Waals surface area (Å²) in [5, 5.41) is 0. The molecule has 1 aliphatic heterocycles. The maximum Gasteiger partial charge on any atom is 0.128 e. The molecule has 1 saturated carbocycles. The number of nitrogens with zero attached hydrogens (tertiary/aromatic N) is 2. The number of anilines is 1. The Balaban J connectivity index is 1.70. The zero-order valence-corrected chi connectivity index (χ0v) is 12.0. The molecule has 92 valence electrons. The van der Waals surface area contributed by atoms with Gasteiger partial charge in [-0.05, 0) is 47.3 Å². The van der Waals surface area contributed by atoms with Gasteiger partial charge in [0.2, 0.25) is 0 Å². The molecular formula is C14H19BrN2. The van der Waals surface area contributed by atoms with E-state index in [0.717, 1.165) is 10.3 Å². The van der Waals surface area contributed by atoms with E-state index in [0.29, 0.717) is 5.41 Å². The van der Waals surface area contributed by atoms with Gasteiger partial charge >= 0.3 is 0 Å². The SMILES string of the molecule is Cc1cc(N2CC3(CCCCC3)C2)ncc1Br. The van der Waals surface area contributed by atoms with Crippen LogP contribution in [0.25, 0.3) is 0 Å². The number of hydrogen-bond donors (Lipinski definition) is 0. The molecule has 0 N–H and O–H groups in total. The van der Waals surface area contributed by atoms with Crippen molar-refractivity contribution in [3.05, 3.63) is 22.3 Å². The van der Waals surface area contributed by atoms with Gasteiger partial charge < -0.3 is 4.90 Å². The number of pyridine rings is 1. The lowest BCUT2D eigenvalue weighted by atomic mass is 9.68. The predicted octanol–water partition coefficient (Wildman–Crippen LogP) is 3.92. The molecular weight excluding hydrogens is 276 g/mol. The van der Waals surface area contributed by atoms with E-state index >= 15 is 0 Å². The van der Waals surface area contributed by atoms with Gasteiger partial charge in [0.25, 0.3) is 0 Å². The number of hydrogen-bond acceptors (Lipinski definition) is 2. The first-order chi connectivity index (χ1) is 8.19. The molecule has 0 atom stereocenters. The second kappa shape index (κ2) is 4.27. The molecule has 17 heavy (non-hydrogen) atoms. The fourth-order valence-corrected chi connectivity index (χ4v) is 3.46. The lowest BCUT2D eigenvalue weighted by molar-refractivity contribution is 0.138. The van der Waals surface area contributed by atoms with Crippen molar-refractivity contribution >= 4 is 21.7 Å². The molecule has 2 aliphatic rings. The average molecular weight is 295 g/mol. The summed E-state index contributed by atoms with van der Waals surface area (Å²) >= 11 is 3.51. The van der Waals surface area contributed by atoms with Crippen molar-refractivity contribution in [3.8, 4) is 0 Å². The Morgan fingerprint density at radius 3 is 2.59 bits per heavy atom. The highest BCUT2D eigenvalue weighted by atomic mass is 79.9. The Bertz CT molecular complexity index is 416. The van der Waals surface area contributed by atoms with Crippen LogP contribution in [0.2, 0.25) is 0 Å². The van der Waals surface area contributed by atoms with Crippen molar-refractivity contribution in [3.63, 3.8) is 0 Å². The van der Waals surface area contributed by atoms with Crippen molar-refractivity contribution in [1.29, 1.82) is 0 Å². The standard InChI is InChI=1S/C14H19BrN2/c1-11-7-13(16-8-12(11)15)17-9-14(10-17)5-3-2-4-6-14/h7-8H,2-6,9-10H2,1H3. The molecule has 0 bridgehead atoms. The van der Waals surface area contributed by atoms with Crippen molar-refractivity contribution in [2.75, 3.05) is 18.0 Å². The fourth-order valence-electron chi connectivity index (χ4n) is 3.24. The third-order valence-corrected chi connectivity index (χ3v) is 5.15. The zero-order valence-electron chi connectivity index (χ0n) is 10.4. The van der Waals surface area contributed by atoms with Gasteiger partial charge in [-0.3, -0.25) is 0 Å². The normalized spacial score (nSPS) is 22.6. The van der Waals surface area contributed by atoms with Crippen LogP contribution >= 0.6 is 15.9 Å². The Morgan fingerprint density at radius 1 is 1.24 bits per heavy atom. The summed E-state index contributed by atoms with van der Waals surface area (Å²) in [6, 6.07) is 2.19. The maximum atomic E-state index is 4.52. The molecule has 3 heteroatoms. The largest absolute Gasteiger partial charge is 0.355 e. The van der Waals surface area contributed by atoms with Gasteiger partial charge in [0.1, 0.15) is 5.82 Å². The van der Waals surface area contributed by atoms with Gasteiger partial charge in [-0.15, -0.1) is 0 Å². The molecule has 1 aromatic rings. The van der Waals surface area contributed by atoms with Crippen LogP contribution in [0.15, 0.2) is 16.7 Å². The average Bonchev–Trinajstić information content (AvgIpc) is 2.31. The van der Waals surface area contributed by atoms with E-state index in [1.807, 2.05) is 6.20 Å². The summed E-state index contributed by atoms with van der Waals surface area (Å²) in [5.41, 5.74) is 1.92. The molecule has 2 fully saturated rings. The van der Waals surface area contributed by atoms with Crippen molar-refractivity contribution in [2.24, 2.45) is 5.41 Å². The first-order valence-electron chi connectivity index (χ1n) is 6.56. The monoisotopic (exact) mass is 294 g/mol. The highest BCUT2D eigenvalue weighted by Gasteiger charge is 2.43. The second-order valence-corrected chi connectivity index (χ2v) is 6.56. The Labute approximate surface area is 112 Å². The van der Waals surface area contributed by atoms with Crippen LogP contribution in [0.4, 0.5) is 5.82 Å². The van der Waals surface area contributed by atoms with Crippen LogP contribution in [-0.2, 0) is 0 Å². The third-order valence-electron chi connectivity index (χ3n) is 4.32. The Hall–Kier alpha value is -0.570. The first-order valence-corrected chi connectivity index (χ1v) is 7.35. The number of aryl methyl sites for hydroxylation is 1. The summed E-state index contributed by atoms with van der Waals surface area (Å²) in [5.74, 6) is 1.15. The van der Waals surface area contributed by atoms with E-state index in [1.165, 1.54) is 50.8 Å². The van der Waals surface area contributed by atoms with E-state index in [2.05, 4.69) is 38.8 Å². The molecule has 0 aromatic carbocycles. The van der Waals surface area contributed by atoms with E-state index < -0.39 is 0 Å². The summed E-state index contributed by atoms with van der Waals surface area (Å²) in [6.45, 7) is 4.58.